The molecule has 3 saturated carbocycles. The SMILES string of the molecule is C[C@]12CCC(=O)C=C1CC[C@@H]1[C@@H]2CC[C@]2(C)C(=C(F)F)[C@H](O)C[C@@H]12. The van der Waals surface area contributed by atoms with E-state index >= 15 is 0 Å². The summed E-state index contributed by atoms with van der Waals surface area (Å²) in [5.41, 5.74) is 0.788. The van der Waals surface area contributed by atoms with Gasteiger partial charge >= 0.3 is 0 Å². The lowest BCUT2D eigenvalue weighted by atomic mass is 9.47. The van der Waals surface area contributed by atoms with E-state index in [2.05, 4.69) is 6.92 Å². The molecule has 0 unspecified atom stereocenters. The number of ketones is 1. The minimum absolute atomic E-state index is 0.0104. The molecule has 0 radical (unpaired) electrons. The molecule has 4 aliphatic rings. The van der Waals surface area contributed by atoms with Gasteiger partial charge in [0.2, 0.25) is 0 Å². The van der Waals surface area contributed by atoms with Crippen molar-refractivity contribution in [2.45, 2.75) is 64.9 Å². The highest BCUT2D eigenvalue weighted by atomic mass is 19.3. The zero-order valence-electron chi connectivity index (χ0n) is 14.4. The summed E-state index contributed by atoms with van der Waals surface area (Å²) in [5, 5.41) is 10.3. The van der Waals surface area contributed by atoms with Crippen molar-refractivity contribution in [2.75, 3.05) is 0 Å². The molecular weight excluding hydrogens is 310 g/mol. The highest BCUT2D eigenvalue weighted by Gasteiger charge is 2.60. The summed E-state index contributed by atoms with van der Waals surface area (Å²) in [7, 11) is 0. The first kappa shape index (κ1) is 16.4. The van der Waals surface area contributed by atoms with Gasteiger partial charge in [-0.2, -0.15) is 8.78 Å². The minimum Gasteiger partial charge on any atom is -0.389 e. The van der Waals surface area contributed by atoms with Gasteiger partial charge in [0.15, 0.2) is 5.78 Å². The van der Waals surface area contributed by atoms with E-state index in [1.165, 1.54) is 5.57 Å². The molecule has 6 atom stereocenters. The maximum Gasteiger partial charge on any atom is 0.272 e. The van der Waals surface area contributed by atoms with Crippen LogP contribution in [0.1, 0.15) is 58.8 Å². The number of carbonyl (C=O) groups is 1. The Bertz CT molecular complexity index is 648. The second kappa shape index (κ2) is 5.23. The number of aliphatic hydroxyl groups excluding tert-OH is 1. The van der Waals surface area contributed by atoms with Crippen molar-refractivity contribution in [3.05, 3.63) is 23.3 Å². The van der Waals surface area contributed by atoms with Gasteiger partial charge in [0.1, 0.15) is 0 Å². The first-order valence-corrected chi connectivity index (χ1v) is 9.25. The van der Waals surface area contributed by atoms with Crippen molar-refractivity contribution in [3.63, 3.8) is 0 Å². The second-order valence-electron chi connectivity index (χ2n) is 8.85. The van der Waals surface area contributed by atoms with Gasteiger partial charge in [-0.25, -0.2) is 0 Å². The molecule has 0 aliphatic heterocycles. The zero-order chi connectivity index (χ0) is 17.3. The molecule has 1 N–H and O–H groups in total. The monoisotopic (exact) mass is 336 g/mol. The van der Waals surface area contributed by atoms with Crippen LogP contribution in [0.4, 0.5) is 8.78 Å². The standard InChI is InChI=1S/C20H26F2O2/c1-19-7-5-12(23)9-11(19)3-4-13-14(19)6-8-20(2)15(13)10-16(24)17(20)18(21)22/h9,13-16,24H,3-8,10H2,1-2H3/t13-,14+,15+,16-,19+,20+/m1/s1. The van der Waals surface area contributed by atoms with Gasteiger partial charge in [0.25, 0.3) is 6.08 Å². The average Bonchev–Trinajstić information content (AvgIpc) is 2.78. The fourth-order valence-corrected chi connectivity index (χ4v) is 6.73. The van der Waals surface area contributed by atoms with Gasteiger partial charge in [-0.1, -0.05) is 19.4 Å². The quantitative estimate of drug-likeness (QED) is 0.700. The van der Waals surface area contributed by atoms with Crippen LogP contribution in [0.5, 0.6) is 0 Å². The number of fused-ring (bicyclic) bond motifs is 5. The van der Waals surface area contributed by atoms with Gasteiger partial charge in [0.05, 0.1) is 6.10 Å². The van der Waals surface area contributed by atoms with Crippen LogP contribution in [-0.2, 0) is 4.79 Å². The molecule has 132 valence electrons. The zero-order valence-corrected chi connectivity index (χ0v) is 14.4. The summed E-state index contributed by atoms with van der Waals surface area (Å²) in [6.45, 7) is 4.22. The van der Waals surface area contributed by atoms with Crippen molar-refractivity contribution >= 4 is 5.78 Å². The largest absolute Gasteiger partial charge is 0.389 e. The normalized spacial score (nSPS) is 47.6. The number of hydrogen-bond donors (Lipinski definition) is 1. The van der Waals surface area contributed by atoms with E-state index in [1.54, 1.807) is 0 Å². The molecule has 0 amide bonds. The molecule has 0 heterocycles. The van der Waals surface area contributed by atoms with Gasteiger partial charge in [-0.3, -0.25) is 4.79 Å². The Kier molecular flexibility index (Phi) is 3.58. The number of halogens is 2. The Hall–Kier alpha value is -1.03. The van der Waals surface area contributed by atoms with Crippen LogP contribution in [-0.4, -0.2) is 17.0 Å². The number of aliphatic hydroxyl groups is 1. The predicted molar refractivity (Wildman–Crippen MR) is 87.3 cm³/mol. The number of allylic oxidation sites excluding steroid dienone is 1. The van der Waals surface area contributed by atoms with Gasteiger partial charge in [0, 0.05) is 12.0 Å². The van der Waals surface area contributed by atoms with Crippen LogP contribution in [0.2, 0.25) is 0 Å². The third-order valence-electron chi connectivity index (χ3n) is 7.98. The Balaban J connectivity index is 1.72. The summed E-state index contributed by atoms with van der Waals surface area (Å²) in [6.07, 6.45) is 4.70. The maximum atomic E-state index is 13.5. The Morgan fingerprint density at radius 3 is 2.58 bits per heavy atom. The van der Waals surface area contributed by atoms with Crippen molar-refractivity contribution in [1.82, 2.24) is 0 Å². The van der Waals surface area contributed by atoms with Crippen molar-refractivity contribution < 1.29 is 18.7 Å². The summed E-state index contributed by atoms with van der Waals surface area (Å²) in [4.78, 5) is 11.8. The number of hydrogen-bond acceptors (Lipinski definition) is 2. The minimum atomic E-state index is -1.67. The lowest BCUT2D eigenvalue weighted by Crippen LogP contribution is -2.49. The average molecular weight is 336 g/mol. The fourth-order valence-electron chi connectivity index (χ4n) is 6.73. The molecule has 4 heteroatoms. The van der Waals surface area contributed by atoms with E-state index in [1.807, 2.05) is 13.0 Å². The third kappa shape index (κ3) is 2.04. The van der Waals surface area contributed by atoms with Crippen molar-refractivity contribution in [2.24, 2.45) is 28.6 Å². The van der Waals surface area contributed by atoms with E-state index in [9.17, 15) is 18.7 Å². The van der Waals surface area contributed by atoms with E-state index in [0.717, 1.165) is 32.1 Å². The molecule has 0 bridgehead atoms. The van der Waals surface area contributed by atoms with Crippen LogP contribution < -0.4 is 0 Å². The molecule has 0 aromatic rings. The van der Waals surface area contributed by atoms with Crippen LogP contribution in [0.15, 0.2) is 23.3 Å². The third-order valence-corrected chi connectivity index (χ3v) is 7.98. The predicted octanol–water partition coefficient (Wildman–Crippen LogP) is 4.64. The highest BCUT2D eigenvalue weighted by molar-refractivity contribution is 5.91. The molecule has 0 aromatic carbocycles. The van der Waals surface area contributed by atoms with Crippen molar-refractivity contribution in [3.8, 4) is 0 Å². The molecule has 4 rings (SSSR count). The molecular formula is C20H26F2O2. The Morgan fingerprint density at radius 1 is 1.12 bits per heavy atom. The first-order valence-electron chi connectivity index (χ1n) is 9.25. The molecule has 4 aliphatic carbocycles. The fraction of sp³-hybridized carbons (Fsp3) is 0.750. The Morgan fingerprint density at radius 2 is 1.88 bits per heavy atom. The molecule has 2 nitrogen and oxygen atoms in total. The molecule has 0 aromatic heterocycles. The number of carbonyl (C=O) groups excluding carboxylic acids is 1. The van der Waals surface area contributed by atoms with E-state index in [4.69, 9.17) is 0 Å². The van der Waals surface area contributed by atoms with Crippen LogP contribution >= 0.6 is 0 Å². The summed E-state index contributed by atoms with van der Waals surface area (Å²) >= 11 is 0. The summed E-state index contributed by atoms with van der Waals surface area (Å²) in [6, 6.07) is 0. The molecule has 0 saturated heterocycles. The van der Waals surface area contributed by atoms with E-state index in [0.29, 0.717) is 24.7 Å². The van der Waals surface area contributed by atoms with Crippen LogP contribution in [0.3, 0.4) is 0 Å². The highest BCUT2D eigenvalue weighted by Crippen LogP contribution is 2.66. The molecule has 24 heavy (non-hydrogen) atoms. The summed E-state index contributed by atoms with van der Waals surface area (Å²) < 4.78 is 27.0. The first-order chi connectivity index (χ1) is 11.3. The second-order valence-corrected chi connectivity index (χ2v) is 8.85. The van der Waals surface area contributed by atoms with Gasteiger partial charge in [-0.05, 0) is 73.2 Å². The van der Waals surface area contributed by atoms with Gasteiger partial charge in [-0.15, -0.1) is 0 Å². The maximum absolute atomic E-state index is 13.5. The Labute approximate surface area is 142 Å². The molecule has 3 fully saturated rings. The lowest BCUT2D eigenvalue weighted by Gasteiger charge is -2.57. The smallest absolute Gasteiger partial charge is 0.272 e. The topological polar surface area (TPSA) is 37.3 Å². The van der Waals surface area contributed by atoms with Crippen LogP contribution in [0, 0.1) is 28.6 Å². The lowest BCUT2D eigenvalue weighted by molar-refractivity contribution is -0.117. The van der Waals surface area contributed by atoms with Crippen molar-refractivity contribution in [1.29, 1.82) is 0 Å². The number of rotatable bonds is 0. The van der Waals surface area contributed by atoms with Gasteiger partial charge < -0.3 is 5.11 Å². The van der Waals surface area contributed by atoms with E-state index in [-0.39, 0.29) is 22.7 Å². The molecule has 0 spiro atoms. The van der Waals surface area contributed by atoms with Crippen LogP contribution in [0.25, 0.3) is 0 Å². The summed E-state index contributed by atoms with van der Waals surface area (Å²) in [5.74, 6) is 1.21. The van der Waals surface area contributed by atoms with E-state index < -0.39 is 17.6 Å².